The van der Waals surface area contributed by atoms with Crippen LogP contribution in [0.15, 0.2) is 48.5 Å². The fraction of sp³-hybridized carbons (Fsp3) is 0.143. The number of rotatable bonds is 3. The Kier molecular flexibility index (Phi) is 3.30. The molecule has 0 saturated heterocycles. The van der Waals surface area contributed by atoms with E-state index >= 15 is 0 Å². The average Bonchev–Trinajstić information content (AvgIpc) is 2.33. The lowest BCUT2D eigenvalue weighted by atomic mass is 10.2. The Bertz CT molecular complexity index is 477. The van der Waals surface area contributed by atoms with E-state index in [1.165, 1.54) is 0 Å². The highest BCUT2D eigenvalue weighted by Crippen LogP contribution is 2.18. The molecule has 0 saturated carbocycles. The summed E-state index contributed by atoms with van der Waals surface area (Å²) in [5, 5.41) is 12.2. The molecule has 0 bridgehead atoms. The molecular formula is C14H14NO2-. The van der Waals surface area contributed by atoms with Gasteiger partial charge in [-0.3, -0.25) is 5.23 Å². The Morgan fingerprint density at radius 2 is 1.29 bits per heavy atom. The molecule has 3 nitrogen and oxygen atoms in total. The smallest absolute Gasteiger partial charge is 0.154 e. The van der Waals surface area contributed by atoms with E-state index in [9.17, 15) is 5.21 Å². The van der Waals surface area contributed by atoms with Gasteiger partial charge in [0.25, 0.3) is 0 Å². The van der Waals surface area contributed by atoms with Crippen LogP contribution in [0, 0.1) is 19.1 Å². The molecule has 0 fully saturated rings. The van der Waals surface area contributed by atoms with Crippen molar-refractivity contribution in [1.82, 2.24) is 0 Å². The van der Waals surface area contributed by atoms with Crippen molar-refractivity contribution in [2.24, 2.45) is 0 Å². The van der Waals surface area contributed by atoms with Crippen LogP contribution >= 0.6 is 0 Å². The van der Waals surface area contributed by atoms with Crippen LogP contribution in [0.2, 0.25) is 0 Å². The molecule has 2 aromatic carbocycles. The second kappa shape index (κ2) is 4.89. The van der Waals surface area contributed by atoms with Gasteiger partial charge < -0.3 is 10.0 Å². The second-order valence-corrected chi connectivity index (χ2v) is 4.00. The van der Waals surface area contributed by atoms with Gasteiger partial charge in [0, 0.05) is 0 Å². The standard InChI is InChI=1S/C14H14NO2/c1-11-3-7-13(8-4-11)15(16)17-14-9-5-12(2)6-10-14/h3-10H,1-2H3/q-1. The van der Waals surface area contributed by atoms with Crippen molar-refractivity contribution in [3.05, 3.63) is 64.9 Å². The Hall–Kier alpha value is -2.00. The van der Waals surface area contributed by atoms with E-state index in [-0.39, 0.29) is 0 Å². The Labute approximate surface area is 101 Å². The van der Waals surface area contributed by atoms with Crippen LogP contribution in [0.1, 0.15) is 11.1 Å². The molecule has 0 aliphatic heterocycles. The third kappa shape index (κ3) is 2.98. The molecule has 0 spiro atoms. The van der Waals surface area contributed by atoms with Crippen molar-refractivity contribution < 1.29 is 4.84 Å². The number of benzene rings is 2. The van der Waals surface area contributed by atoms with Gasteiger partial charge in [0.15, 0.2) is 5.75 Å². The summed E-state index contributed by atoms with van der Waals surface area (Å²) in [6.45, 7) is 3.96. The fourth-order valence-electron chi connectivity index (χ4n) is 1.41. The number of anilines is 1. The van der Waals surface area contributed by atoms with Gasteiger partial charge in [-0.1, -0.05) is 35.4 Å². The van der Waals surface area contributed by atoms with Gasteiger partial charge in [0.1, 0.15) is 0 Å². The minimum absolute atomic E-state index is 0.483. The topological polar surface area (TPSA) is 35.5 Å². The zero-order chi connectivity index (χ0) is 12.3. The molecule has 17 heavy (non-hydrogen) atoms. The van der Waals surface area contributed by atoms with E-state index in [1.54, 1.807) is 24.3 Å². The van der Waals surface area contributed by atoms with E-state index in [0.717, 1.165) is 11.1 Å². The lowest BCUT2D eigenvalue weighted by Crippen LogP contribution is -2.19. The zero-order valence-corrected chi connectivity index (χ0v) is 9.88. The van der Waals surface area contributed by atoms with Gasteiger partial charge in [0.05, 0.1) is 5.69 Å². The van der Waals surface area contributed by atoms with E-state index in [0.29, 0.717) is 16.7 Å². The second-order valence-electron chi connectivity index (χ2n) is 4.00. The first-order chi connectivity index (χ1) is 8.15. The van der Waals surface area contributed by atoms with Crippen LogP contribution in [0.5, 0.6) is 5.75 Å². The molecule has 0 atom stereocenters. The molecule has 0 aromatic heterocycles. The predicted octanol–water partition coefficient (Wildman–Crippen LogP) is 3.60. The minimum Gasteiger partial charge on any atom is -0.724 e. The largest absolute Gasteiger partial charge is 0.724 e. The van der Waals surface area contributed by atoms with Crippen LogP contribution in [0.4, 0.5) is 5.69 Å². The molecule has 2 rings (SSSR count). The lowest BCUT2D eigenvalue weighted by Gasteiger charge is -2.29. The summed E-state index contributed by atoms with van der Waals surface area (Å²) < 4.78 is 0. The molecule has 0 aliphatic rings. The van der Waals surface area contributed by atoms with Crippen molar-refractivity contribution in [1.29, 1.82) is 0 Å². The fourth-order valence-corrected chi connectivity index (χ4v) is 1.41. The van der Waals surface area contributed by atoms with Gasteiger partial charge in [-0.2, -0.15) is 0 Å². The van der Waals surface area contributed by atoms with Crippen molar-refractivity contribution in [2.75, 3.05) is 5.23 Å². The summed E-state index contributed by atoms with van der Waals surface area (Å²) in [7, 11) is 0. The normalized spacial score (nSPS) is 10.1. The Morgan fingerprint density at radius 1 is 0.824 bits per heavy atom. The van der Waals surface area contributed by atoms with Crippen LogP contribution in [0.25, 0.3) is 0 Å². The van der Waals surface area contributed by atoms with Crippen molar-refractivity contribution in [3.63, 3.8) is 0 Å². The van der Waals surface area contributed by atoms with E-state index in [1.807, 2.05) is 38.1 Å². The summed E-state index contributed by atoms with van der Waals surface area (Å²) in [6, 6.07) is 14.6. The molecule has 0 N–H and O–H groups in total. The maximum absolute atomic E-state index is 11.7. The number of aryl methyl sites for hydroxylation is 2. The molecule has 2 aromatic rings. The van der Waals surface area contributed by atoms with Gasteiger partial charge >= 0.3 is 0 Å². The summed E-state index contributed by atoms with van der Waals surface area (Å²) in [4.78, 5) is 5.17. The molecule has 0 unspecified atom stereocenters. The van der Waals surface area contributed by atoms with Crippen LogP contribution in [0.3, 0.4) is 0 Å². The van der Waals surface area contributed by atoms with Crippen molar-refractivity contribution in [2.45, 2.75) is 13.8 Å². The third-order valence-corrected chi connectivity index (χ3v) is 2.45. The molecule has 3 heteroatoms. The maximum Gasteiger partial charge on any atom is 0.154 e. The molecule has 0 heterocycles. The van der Waals surface area contributed by atoms with Crippen molar-refractivity contribution >= 4 is 5.69 Å². The van der Waals surface area contributed by atoms with Gasteiger partial charge in [0.2, 0.25) is 0 Å². The molecule has 0 aliphatic carbocycles. The van der Waals surface area contributed by atoms with E-state index in [4.69, 9.17) is 4.84 Å². The lowest BCUT2D eigenvalue weighted by molar-refractivity contribution is 0.319. The quantitative estimate of drug-likeness (QED) is 0.753. The summed E-state index contributed by atoms with van der Waals surface area (Å²) in [6.07, 6.45) is 0. The van der Waals surface area contributed by atoms with Gasteiger partial charge in [-0.25, -0.2) is 0 Å². The molecule has 0 amide bonds. The highest BCUT2D eigenvalue weighted by molar-refractivity contribution is 5.46. The first kappa shape index (κ1) is 11.5. The van der Waals surface area contributed by atoms with Crippen LogP contribution in [-0.2, 0) is 0 Å². The van der Waals surface area contributed by atoms with E-state index in [2.05, 4.69) is 0 Å². The van der Waals surface area contributed by atoms with Crippen LogP contribution < -0.4 is 10.1 Å². The van der Waals surface area contributed by atoms with Crippen molar-refractivity contribution in [3.8, 4) is 5.75 Å². The molecule has 88 valence electrons. The SMILES string of the molecule is Cc1ccc(ON([O-])c2ccc(C)cc2)cc1. The average molecular weight is 228 g/mol. The highest BCUT2D eigenvalue weighted by atomic mass is 16.9. The molecular weight excluding hydrogens is 214 g/mol. The molecule has 0 radical (unpaired) electrons. The summed E-state index contributed by atoms with van der Waals surface area (Å²) in [5.74, 6) is 0.533. The van der Waals surface area contributed by atoms with Gasteiger partial charge in [-0.15, -0.1) is 0 Å². The number of nitrogens with zero attached hydrogens (tertiary/aromatic N) is 1. The number of hydrogen-bond donors (Lipinski definition) is 0. The summed E-state index contributed by atoms with van der Waals surface area (Å²) in [5.41, 5.74) is 2.72. The first-order valence-electron chi connectivity index (χ1n) is 5.44. The minimum atomic E-state index is 0.483. The Balaban J connectivity index is 2.08. The Morgan fingerprint density at radius 3 is 1.82 bits per heavy atom. The third-order valence-electron chi connectivity index (χ3n) is 2.45. The highest BCUT2D eigenvalue weighted by Gasteiger charge is 1.98. The van der Waals surface area contributed by atoms with E-state index < -0.39 is 0 Å². The summed E-state index contributed by atoms with van der Waals surface area (Å²) >= 11 is 0. The monoisotopic (exact) mass is 228 g/mol. The van der Waals surface area contributed by atoms with Crippen LogP contribution in [-0.4, -0.2) is 0 Å². The zero-order valence-electron chi connectivity index (χ0n) is 9.88. The predicted molar refractivity (Wildman–Crippen MR) is 68.8 cm³/mol. The number of hydrogen-bond acceptors (Lipinski definition) is 3. The van der Waals surface area contributed by atoms with Gasteiger partial charge in [-0.05, 0) is 38.1 Å². The first-order valence-corrected chi connectivity index (χ1v) is 5.44. The maximum atomic E-state index is 11.7.